The van der Waals surface area contributed by atoms with Crippen molar-refractivity contribution in [3.05, 3.63) is 76.9 Å². The van der Waals surface area contributed by atoms with Crippen LogP contribution in [0.1, 0.15) is 35.1 Å². The molecule has 1 aliphatic rings. The summed E-state index contributed by atoms with van der Waals surface area (Å²) >= 11 is 0. The van der Waals surface area contributed by atoms with Crippen molar-refractivity contribution in [2.24, 2.45) is 11.3 Å². The van der Waals surface area contributed by atoms with Crippen LogP contribution in [0.2, 0.25) is 0 Å². The van der Waals surface area contributed by atoms with Crippen molar-refractivity contribution in [2.45, 2.75) is 26.7 Å². The maximum Gasteiger partial charge on any atom is 0.331 e. The smallest absolute Gasteiger partial charge is 0.331 e. The fourth-order valence-corrected chi connectivity index (χ4v) is 4.06. The normalized spacial score (nSPS) is 23.6. The fourth-order valence-electron chi connectivity index (χ4n) is 4.06. The minimum atomic E-state index is -1.59. The number of benzene rings is 2. The highest BCUT2D eigenvalue weighted by Crippen LogP contribution is 2.57. The van der Waals surface area contributed by atoms with Crippen molar-refractivity contribution in [3.63, 3.8) is 0 Å². The molecule has 0 saturated carbocycles. The van der Waals surface area contributed by atoms with Crippen LogP contribution in [0, 0.1) is 36.5 Å². The van der Waals surface area contributed by atoms with Gasteiger partial charge < -0.3 is 4.74 Å². The molecule has 28 heavy (non-hydrogen) atoms. The van der Waals surface area contributed by atoms with E-state index >= 15 is 0 Å². The molecule has 0 saturated heterocycles. The molecule has 0 radical (unpaired) electrons. The Morgan fingerprint density at radius 3 is 2.00 bits per heavy atom. The van der Waals surface area contributed by atoms with E-state index in [1.54, 1.807) is 6.08 Å². The van der Waals surface area contributed by atoms with E-state index in [2.05, 4.69) is 6.07 Å². The number of ketones is 1. The van der Waals surface area contributed by atoms with E-state index in [1.165, 1.54) is 14.0 Å². The van der Waals surface area contributed by atoms with Gasteiger partial charge in [0.2, 0.25) is 0 Å². The molecule has 0 spiro atoms. The number of nitrogens with zero attached hydrogens (tertiary/aromatic N) is 1. The summed E-state index contributed by atoms with van der Waals surface area (Å²) in [6.45, 7) is 5.44. The van der Waals surface area contributed by atoms with Crippen LogP contribution in [-0.2, 0) is 14.3 Å². The third-order valence-electron chi connectivity index (χ3n) is 5.55. The van der Waals surface area contributed by atoms with Gasteiger partial charge in [-0.05, 0) is 37.5 Å². The van der Waals surface area contributed by atoms with Gasteiger partial charge in [-0.2, -0.15) is 5.26 Å². The minimum absolute atomic E-state index is 0.0868. The van der Waals surface area contributed by atoms with E-state index in [-0.39, 0.29) is 5.78 Å². The predicted octanol–water partition coefficient (Wildman–Crippen LogP) is 4.37. The molecular weight excluding hydrogens is 350 g/mol. The topological polar surface area (TPSA) is 67.2 Å². The van der Waals surface area contributed by atoms with Gasteiger partial charge in [-0.25, -0.2) is 4.79 Å². The third kappa shape index (κ3) is 3.03. The Morgan fingerprint density at radius 1 is 1.00 bits per heavy atom. The van der Waals surface area contributed by atoms with Crippen molar-refractivity contribution in [1.29, 1.82) is 5.26 Å². The number of allylic oxidation sites excluding steroid dienone is 1. The number of aryl methyl sites for hydroxylation is 2. The molecule has 142 valence electrons. The van der Waals surface area contributed by atoms with Crippen LogP contribution < -0.4 is 0 Å². The summed E-state index contributed by atoms with van der Waals surface area (Å²) in [5.41, 5.74) is 2.60. The number of nitriles is 1. The summed E-state index contributed by atoms with van der Waals surface area (Å²) in [6.07, 6.45) is 1.78. The molecule has 0 bridgehead atoms. The van der Waals surface area contributed by atoms with Gasteiger partial charge in [0.15, 0.2) is 5.41 Å². The molecule has 3 rings (SSSR count). The van der Waals surface area contributed by atoms with Crippen LogP contribution in [-0.4, -0.2) is 18.9 Å². The van der Waals surface area contributed by atoms with E-state index in [4.69, 9.17) is 4.74 Å². The second kappa shape index (κ2) is 7.44. The second-order valence-corrected chi connectivity index (χ2v) is 7.38. The maximum absolute atomic E-state index is 13.0. The average molecular weight is 373 g/mol. The maximum atomic E-state index is 13.0. The largest absolute Gasteiger partial charge is 0.468 e. The third-order valence-corrected chi connectivity index (χ3v) is 5.55. The molecular formula is C24H23NO3. The number of carbonyl (C=O) groups excluding carboxylic acids is 2. The van der Waals surface area contributed by atoms with Crippen molar-refractivity contribution >= 4 is 17.3 Å². The van der Waals surface area contributed by atoms with Crippen molar-refractivity contribution in [2.75, 3.05) is 7.11 Å². The monoisotopic (exact) mass is 373 g/mol. The van der Waals surface area contributed by atoms with Gasteiger partial charge in [-0.15, -0.1) is 0 Å². The first kappa shape index (κ1) is 19.6. The van der Waals surface area contributed by atoms with Crippen molar-refractivity contribution in [3.8, 4) is 6.07 Å². The standard InChI is InChI=1S/C24H23NO3/c1-15-5-9-18(10-6-15)21-13-20(17(3)26)22(19-11-7-16(2)8-12-19)24(21,14-25)23(27)28-4/h5-13,20,22H,1-4H3/t20-,22-,24-/m0/s1. The number of ether oxygens (including phenoxy) is 1. The lowest BCUT2D eigenvalue weighted by Crippen LogP contribution is -2.38. The fraction of sp³-hybridized carbons (Fsp3) is 0.292. The molecule has 0 aliphatic heterocycles. The molecule has 2 aromatic carbocycles. The average Bonchev–Trinajstić information content (AvgIpc) is 3.05. The summed E-state index contributed by atoms with van der Waals surface area (Å²) in [6, 6.07) is 17.5. The number of hydrogen-bond acceptors (Lipinski definition) is 4. The Labute approximate surface area is 165 Å². The molecule has 4 heteroatoms. The zero-order valence-corrected chi connectivity index (χ0v) is 16.5. The Morgan fingerprint density at radius 2 is 1.54 bits per heavy atom. The predicted molar refractivity (Wildman–Crippen MR) is 107 cm³/mol. The molecule has 2 aromatic rings. The summed E-state index contributed by atoms with van der Waals surface area (Å²) in [5, 5.41) is 10.3. The summed E-state index contributed by atoms with van der Waals surface area (Å²) < 4.78 is 5.09. The molecule has 1 aliphatic carbocycles. The summed E-state index contributed by atoms with van der Waals surface area (Å²) in [7, 11) is 1.28. The first-order valence-electron chi connectivity index (χ1n) is 9.21. The van der Waals surface area contributed by atoms with Crippen LogP contribution in [0.15, 0.2) is 54.6 Å². The van der Waals surface area contributed by atoms with Crippen LogP contribution in [0.25, 0.3) is 5.57 Å². The first-order valence-corrected chi connectivity index (χ1v) is 9.21. The van der Waals surface area contributed by atoms with E-state index in [0.29, 0.717) is 5.57 Å². The van der Waals surface area contributed by atoms with Crippen LogP contribution in [0.4, 0.5) is 0 Å². The number of methoxy groups -OCH3 is 1. The molecule has 0 fully saturated rings. The molecule has 0 aromatic heterocycles. The number of hydrogen-bond donors (Lipinski definition) is 0. The second-order valence-electron chi connectivity index (χ2n) is 7.38. The van der Waals surface area contributed by atoms with Crippen LogP contribution >= 0.6 is 0 Å². The SMILES string of the molecule is COC(=O)[C@@]1(C#N)C(c2ccc(C)cc2)=C[C@@H](C(C)=O)[C@@H]1c1ccc(C)cc1. The molecule has 4 nitrogen and oxygen atoms in total. The number of carbonyl (C=O) groups is 2. The van der Waals surface area contributed by atoms with E-state index in [0.717, 1.165) is 22.3 Å². The van der Waals surface area contributed by atoms with E-state index in [9.17, 15) is 14.9 Å². The van der Waals surface area contributed by atoms with Crippen LogP contribution in [0.3, 0.4) is 0 Å². The Kier molecular flexibility index (Phi) is 5.20. The van der Waals surface area contributed by atoms with Crippen LogP contribution in [0.5, 0.6) is 0 Å². The first-order chi connectivity index (χ1) is 13.3. The van der Waals surface area contributed by atoms with Gasteiger partial charge in [0.25, 0.3) is 0 Å². The lowest BCUT2D eigenvalue weighted by molar-refractivity contribution is -0.147. The minimum Gasteiger partial charge on any atom is -0.468 e. The lowest BCUT2D eigenvalue weighted by Gasteiger charge is -2.32. The zero-order chi connectivity index (χ0) is 20.5. The van der Waals surface area contributed by atoms with Gasteiger partial charge in [0, 0.05) is 11.8 Å². The van der Waals surface area contributed by atoms with E-state index < -0.39 is 23.2 Å². The van der Waals surface area contributed by atoms with Gasteiger partial charge in [0.1, 0.15) is 5.78 Å². The number of rotatable bonds is 4. The summed E-state index contributed by atoms with van der Waals surface area (Å²) in [5.74, 6) is -1.95. The molecule has 0 amide bonds. The molecule has 0 N–H and O–H groups in total. The van der Waals surface area contributed by atoms with Crippen molar-refractivity contribution < 1.29 is 14.3 Å². The Balaban J connectivity index is 2.29. The molecule has 0 unspecified atom stereocenters. The van der Waals surface area contributed by atoms with E-state index in [1.807, 2.05) is 62.4 Å². The molecule has 0 heterocycles. The quantitative estimate of drug-likeness (QED) is 0.746. The van der Waals surface area contributed by atoms with Gasteiger partial charge in [0.05, 0.1) is 13.2 Å². The molecule has 3 atom stereocenters. The van der Waals surface area contributed by atoms with Gasteiger partial charge >= 0.3 is 5.97 Å². The lowest BCUT2D eigenvalue weighted by atomic mass is 9.67. The summed E-state index contributed by atoms with van der Waals surface area (Å²) in [4.78, 5) is 25.6. The van der Waals surface area contributed by atoms with Gasteiger partial charge in [-0.3, -0.25) is 4.79 Å². The highest BCUT2D eigenvalue weighted by atomic mass is 16.5. The highest BCUT2D eigenvalue weighted by molar-refractivity contribution is 6.02. The van der Waals surface area contributed by atoms with Gasteiger partial charge in [-0.1, -0.05) is 65.7 Å². The number of Topliss-reactive ketones (excluding diaryl/α,β-unsaturated/α-hetero) is 1. The number of esters is 1. The Bertz CT molecular complexity index is 980. The Hall–Kier alpha value is -3.19. The zero-order valence-electron chi connectivity index (χ0n) is 16.5. The van der Waals surface area contributed by atoms with Crippen molar-refractivity contribution in [1.82, 2.24) is 0 Å². The highest BCUT2D eigenvalue weighted by Gasteiger charge is 2.58.